The van der Waals surface area contributed by atoms with E-state index in [4.69, 9.17) is 4.52 Å². The zero-order valence-electron chi connectivity index (χ0n) is 12.7. The Morgan fingerprint density at radius 3 is 2.65 bits per heavy atom. The predicted molar refractivity (Wildman–Crippen MR) is 79.5 cm³/mol. The summed E-state index contributed by atoms with van der Waals surface area (Å²) < 4.78 is 5.33. The molecule has 2 heterocycles. The number of hydrogen-bond acceptors (Lipinski definition) is 5. The first-order chi connectivity index (χ1) is 9.88. The van der Waals surface area contributed by atoms with Gasteiger partial charge in [0.2, 0.25) is 5.89 Å². The summed E-state index contributed by atoms with van der Waals surface area (Å²) in [5.74, 6) is 1.65. The number of rotatable bonds is 9. The van der Waals surface area contributed by atoms with Gasteiger partial charge in [-0.05, 0) is 6.42 Å². The maximum Gasteiger partial charge on any atom is 0.226 e. The number of aryl methyl sites for hydroxylation is 1. The molecule has 0 saturated carbocycles. The molecule has 20 heavy (non-hydrogen) atoms. The summed E-state index contributed by atoms with van der Waals surface area (Å²) in [4.78, 5) is 6.87. The highest BCUT2D eigenvalue weighted by Crippen LogP contribution is 2.09. The minimum absolute atomic E-state index is 0.811. The molecule has 1 aliphatic heterocycles. The van der Waals surface area contributed by atoms with E-state index in [0.717, 1.165) is 50.9 Å². The van der Waals surface area contributed by atoms with Gasteiger partial charge >= 0.3 is 0 Å². The lowest BCUT2D eigenvalue weighted by molar-refractivity contribution is 0.224. The van der Waals surface area contributed by atoms with Crippen LogP contribution in [0.1, 0.15) is 57.2 Å². The molecule has 0 spiro atoms. The Hall–Kier alpha value is -0.940. The van der Waals surface area contributed by atoms with Crippen LogP contribution in [-0.4, -0.2) is 41.2 Å². The van der Waals surface area contributed by atoms with Crippen molar-refractivity contribution in [2.75, 3.05) is 26.2 Å². The summed E-state index contributed by atoms with van der Waals surface area (Å²) >= 11 is 0. The van der Waals surface area contributed by atoms with Crippen molar-refractivity contribution in [3.63, 3.8) is 0 Å². The van der Waals surface area contributed by atoms with E-state index < -0.39 is 0 Å². The molecule has 1 fully saturated rings. The number of nitrogens with zero attached hydrogens (tertiary/aromatic N) is 3. The summed E-state index contributed by atoms with van der Waals surface area (Å²) in [7, 11) is 0. The highest BCUT2D eigenvalue weighted by Gasteiger charge is 2.13. The first kappa shape index (κ1) is 15.4. The lowest BCUT2D eigenvalue weighted by atomic mass is 10.1. The minimum Gasteiger partial charge on any atom is -0.339 e. The van der Waals surface area contributed by atoms with E-state index >= 15 is 0 Å². The summed E-state index contributed by atoms with van der Waals surface area (Å²) in [6.45, 7) is 7.33. The van der Waals surface area contributed by atoms with E-state index in [9.17, 15) is 0 Å². The van der Waals surface area contributed by atoms with Gasteiger partial charge in [0.25, 0.3) is 0 Å². The fraction of sp³-hybridized carbons (Fsp3) is 0.867. The van der Waals surface area contributed by atoms with E-state index in [2.05, 4.69) is 27.3 Å². The lowest BCUT2D eigenvalue weighted by Gasteiger charge is -2.25. The third-order valence-corrected chi connectivity index (χ3v) is 3.83. The highest BCUT2D eigenvalue weighted by molar-refractivity contribution is 4.87. The minimum atomic E-state index is 0.811. The second-order valence-corrected chi connectivity index (χ2v) is 5.65. The molecule has 1 N–H and O–H groups in total. The van der Waals surface area contributed by atoms with Crippen LogP contribution in [0, 0.1) is 0 Å². The molecule has 1 aromatic rings. The van der Waals surface area contributed by atoms with Crippen LogP contribution < -0.4 is 5.32 Å². The van der Waals surface area contributed by atoms with Gasteiger partial charge in [0.1, 0.15) is 0 Å². The molecule has 2 rings (SSSR count). The van der Waals surface area contributed by atoms with Crippen LogP contribution in [0.15, 0.2) is 4.52 Å². The maximum atomic E-state index is 5.33. The third-order valence-electron chi connectivity index (χ3n) is 3.83. The number of unbranched alkanes of at least 4 members (excludes halogenated alkanes) is 5. The Morgan fingerprint density at radius 1 is 1.10 bits per heavy atom. The van der Waals surface area contributed by atoms with Crippen molar-refractivity contribution < 1.29 is 4.52 Å². The summed E-state index contributed by atoms with van der Waals surface area (Å²) in [5.41, 5.74) is 0. The molecule has 0 amide bonds. The second kappa shape index (κ2) is 9.08. The molecular formula is C15H28N4O. The Bertz CT molecular complexity index is 361. The van der Waals surface area contributed by atoms with Gasteiger partial charge in [-0.15, -0.1) is 0 Å². The van der Waals surface area contributed by atoms with Crippen molar-refractivity contribution in [3.05, 3.63) is 11.7 Å². The summed E-state index contributed by atoms with van der Waals surface area (Å²) in [6, 6.07) is 0. The zero-order chi connectivity index (χ0) is 14.0. The van der Waals surface area contributed by atoms with E-state index in [0.29, 0.717) is 0 Å². The van der Waals surface area contributed by atoms with Crippen LogP contribution in [0.4, 0.5) is 0 Å². The van der Waals surface area contributed by atoms with Crippen molar-refractivity contribution in [2.24, 2.45) is 0 Å². The first-order valence-corrected chi connectivity index (χ1v) is 8.13. The molecule has 1 saturated heterocycles. The SMILES string of the molecule is CCCCCCCCc1nc(CN2CCNCC2)no1. The molecule has 0 atom stereocenters. The summed E-state index contributed by atoms with van der Waals surface area (Å²) in [6.07, 6.45) is 8.72. The fourth-order valence-electron chi connectivity index (χ4n) is 2.58. The Kier molecular flexibility index (Phi) is 7.01. The zero-order valence-corrected chi connectivity index (χ0v) is 12.7. The second-order valence-electron chi connectivity index (χ2n) is 5.65. The average molecular weight is 280 g/mol. The Balaban J connectivity index is 1.61. The van der Waals surface area contributed by atoms with E-state index in [1.807, 2.05) is 0 Å². The number of hydrogen-bond donors (Lipinski definition) is 1. The smallest absolute Gasteiger partial charge is 0.226 e. The van der Waals surface area contributed by atoms with E-state index in [1.165, 1.54) is 38.5 Å². The molecule has 1 aromatic heterocycles. The monoisotopic (exact) mass is 280 g/mol. The summed E-state index contributed by atoms with van der Waals surface area (Å²) in [5, 5.41) is 7.44. The molecule has 0 radical (unpaired) electrons. The lowest BCUT2D eigenvalue weighted by Crippen LogP contribution is -2.43. The van der Waals surface area contributed by atoms with Crippen LogP contribution in [-0.2, 0) is 13.0 Å². The average Bonchev–Trinajstić information content (AvgIpc) is 2.91. The topological polar surface area (TPSA) is 54.2 Å². The van der Waals surface area contributed by atoms with Crippen LogP contribution in [0.2, 0.25) is 0 Å². The van der Waals surface area contributed by atoms with Crippen molar-refractivity contribution in [1.29, 1.82) is 0 Å². The van der Waals surface area contributed by atoms with Crippen LogP contribution in [0.25, 0.3) is 0 Å². The number of nitrogens with one attached hydrogen (secondary N) is 1. The molecule has 0 aromatic carbocycles. The first-order valence-electron chi connectivity index (χ1n) is 8.13. The van der Waals surface area contributed by atoms with Gasteiger partial charge in [0.05, 0.1) is 6.54 Å². The number of piperazine rings is 1. The van der Waals surface area contributed by atoms with Crippen LogP contribution >= 0.6 is 0 Å². The molecule has 114 valence electrons. The predicted octanol–water partition coefficient (Wildman–Crippen LogP) is 2.38. The van der Waals surface area contributed by atoms with Gasteiger partial charge in [-0.3, -0.25) is 4.90 Å². The fourth-order valence-corrected chi connectivity index (χ4v) is 2.58. The standard InChI is InChI=1S/C15H28N4O/c1-2-3-4-5-6-7-8-15-17-14(18-20-15)13-19-11-9-16-10-12-19/h16H,2-13H2,1H3. The van der Waals surface area contributed by atoms with E-state index in [-0.39, 0.29) is 0 Å². The van der Waals surface area contributed by atoms with Gasteiger partial charge in [-0.1, -0.05) is 44.2 Å². The van der Waals surface area contributed by atoms with Crippen molar-refractivity contribution >= 4 is 0 Å². The molecule has 0 aliphatic carbocycles. The molecule has 5 heteroatoms. The maximum absolute atomic E-state index is 5.33. The van der Waals surface area contributed by atoms with Gasteiger partial charge in [0.15, 0.2) is 5.82 Å². The molecule has 1 aliphatic rings. The Morgan fingerprint density at radius 2 is 1.85 bits per heavy atom. The van der Waals surface area contributed by atoms with Gasteiger partial charge in [-0.25, -0.2) is 0 Å². The largest absolute Gasteiger partial charge is 0.339 e. The molecular weight excluding hydrogens is 252 g/mol. The van der Waals surface area contributed by atoms with Gasteiger partial charge in [0, 0.05) is 32.6 Å². The van der Waals surface area contributed by atoms with Gasteiger partial charge < -0.3 is 9.84 Å². The quantitative estimate of drug-likeness (QED) is 0.704. The highest BCUT2D eigenvalue weighted by atomic mass is 16.5. The normalized spacial score (nSPS) is 16.6. The molecule has 5 nitrogen and oxygen atoms in total. The van der Waals surface area contributed by atoms with E-state index in [1.54, 1.807) is 0 Å². The number of aromatic nitrogens is 2. The Labute approximate surface area is 122 Å². The third kappa shape index (κ3) is 5.59. The van der Waals surface area contributed by atoms with Gasteiger partial charge in [-0.2, -0.15) is 4.98 Å². The van der Waals surface area contributed by atoms with Crippen molar-refractivity contribution in [1.82, 2.24) is 20.4 Å². The molecule has 0 unspecified atom stereocenters. The van der Waals surface area contributed by atoms with Crippen LogP contribution in [0.5, 0.6) is 0 Å². The van der Waals surface area contributed by atoms with Crippen molar-refractivity contribution in [2.45, 2.75) is 58.4 Å². The van der Waals surface area contributed by atoms with Crippen LogP contribution in [0.3, 0.4) is 0 Å². The molecule has 0 bridgehead atoms. The van der Waals surface area contributed by atoms with Crippen molar-refractivity contribution in [3.8, 4) is 0 Å².